The van der Waals surface area contributed by atoms with E-state index in [4.69, 9.17) is 9.47 Å². The van der Waals surface area contributed by atoms with Crippen molar-refractivity contribution < 1.29 is 17.9 Å². The number of unbranched alkanes of at least 4 members (excludes halogenated alkanes) is 3. The van der Waals surface area contributed by atoms with Crippen LogP contribution in [0.2, 0.25) is 0 Å². The molecule has 1 atom stereocenters. The second-order valence-corrected chi connectivity index (χ2v) is 9.69. The molecular formula is C20H30O4S. The first-order valence-electron chi connectivity index (χ1n) is 9.55. The molecule has 1 aromatic rings. The number of hydrogen-bond acceptors (Lipinski definition) is 4. The number of ether oxygens (including phenoxy) is 2. The van der Waals surface area contributed by atoms with Crippen LogP contribution in [-0.2, 0) is 19.3 Å². The second-order valence-electron chi connectivity index (χ2n) is 7.42. The summed E-state index contributed by atoms with van der Waals surface area (Å²) in [5.41, 5.74) is -0.412. The molecule has 0 spiro atoms. The minimum absolute atomic E-state index is 0.396. The van der Waals surface area contributed by atoms with Gasteiger partial charge in [0.05, 0.1) is 23.4 Å². The molecule has 1 saturated carbocycles. The highest BCUT2D eigenvalue weighted by atomic mass is 32.2. The van der Waals surface area contributed by atoms with Gasteiger partial charge in [0.15, 0.2) is 15.6 Å². The summed E-state index contributed by atoms with van der Waals surface area (Å²) in [7, 11) is -3.40. The molecule has 0 radical (unpaired) electrons. The average molecular weight is 367 g/mol. The van der Waals surface area contributed by atoms with Crippen molar-refractivity contribution >= 4 is 9.84 Å². The minimum atomic E-state index is -3.40. The fraction of sp³-hybridized carbons (Fsp3) is 0.700. The van der Waals surface area contributed by atoms with Gasteiger partial charge in [0.25, 0.3) is 0 Å². The summed E-state index contributed by atoms with van der Waals surface area (Å²) >= 11 is 0. The largest absolute Gasteiger partial charge is 0.347 e. The average Bonchev–Trinajstić information content (AvgIpc) is 3.31. The molecule has 1 unspecified atom stereocenters. The van der Waals surface area contributed by atoms with Gasteiger partial charge in [-0.3, -0.25) is 0 Å². The van der Waals surface area contributed by atoms with Crippen molar-refractivity contribution in [2.45, 2.75) is 74.7 Å². The number of sulfone groups is 1. The van der Waals surface area contributed by atoms with E-state index in [1.54, 1.807) is 24.3 Å². The van der Waals surface area contributed by atoms with Crippen LogP contribution in [0.15, 0.2) is 35.2 Å². The number of hydrogen-bond donors (Lipinski definition) is 0. The van der Waals surface area contributed by atoms with Crippen molar-refractivity contribution in [1.29, 1.82) is 0 Å². The van der Waals surface area contributed by atoms with Gasteiger partial charge in [-0.15, -0.1) is 0 Å². The molecule has 2 aliphatic rings. The van der Waals surface area contributed by atoms with Gasteiger partial charge in [-0.2, -0.15) is 0 Å². The summed E-state index contributed by atoms with van der Waals surface area (Å²) in [5, 5.41) is -0.508. The molecule has 1 aliphatic heterocycles. The van der Waals surface area contributed by atoms with Crippen molar-refractivity contribution in [3.05, 3.63) is 30.3 Å². The summed E-state index contributed by atoms with van der Waals surface area (Å²) in [6, 6.07) is 8.78. The Balaban J connectivity index is 1.83. The third kappa shape index (κ3) is 3.38. The van der Waals surface area contributed by atoms with Crippen molar-refractivity contribution in [3.8, 4) is 0 Å². The molecule has 0 N–H and O–H groups in total. The molecule has 1 saturated heterocycles. The highest BCUT2D eigenvalue weighted by Gasteiger charge is 2.67. The molecule has 4 nitrogen and oxygen atoms in total. The van der Waals surface area contributed by atoms with E-state index in [0.29, 0.717) is 18.1 Å². The van der Waals surface area contributed by atoms with Crippen molar-refractivity contribution in [2.24, 2.45) is 5.41 Å². The van der Waals surface area contributed by atoms with Gasteiger partial charge in [0, 0.05) is 11.8 Å². The van der Waals surface area contributed by atoms with Gasteiger partial charge in [-0.1, -0.05) is 44.4 Å². The summed E-state index contributed by atoms with van der Waals surface area (Å²) in [6.07, 6.45) is 7.04. The molecule has 0 aromatic heterocycles. The molecule has 25 heavy (non-hydrogen) atoms. The molecule has 1 aliphatic carbocycles. The lowest BCUT2D eigenvalue weighted by atomic mass is 9.87. The number of benzene rings is 1. The molecule has 0 amide bonds. The predicted molar refractivity (Wildman–Crippen MR) is 98.2 cm³/mol. The number of rotatable bonds is 9. The summed E-state index contributed by atoms with van der Waals surface area (Å²) in [4.78, 5) is 0.396. The van der Waals surface area contributed by atoms with Gasteiger partial charge in [0.2, 0.25) is 0 Å². The smallest absolute Gasteiger partial charge is 0.181 e. The quantitative estimate of drug-likeness (QED) is 0.610. The molecular weight excluding hydrogens is 336 g/mol. The van der Waals surface area contributed by atoms with E-state index in [0.717, 1.165) is 32.1 Å². The van der Waals surface area contributed by atoms with Crippen molar-refractivity contribution in [1.82, 2.24) is 0 Å². The van der Waals surface area contributed by atoms with Gasteiger partial charge < -0.3 is 9.47 Å². The van der Waals surface area contributed by atoms with E-state index in [2.05, 4.69) is 6.92 Å². The maximum Gasteiger partial charge on any atom is 0.181 e. The Kier molecular flexibility index (Phi) is 5.57. The Morgan fingerprint density at radius 1 is 1.04 bits per heavy atom. The highest BCUT2D eigenvalue weighted by molar-refractivity contribution is 7.92. The molecule has 1 heterocycles. The lowest BCUT2D eigenvalue weighted by Crippen LogP contribution is -2.49. The first-order valence-corrected chi connectivity index (χ1v) is 11.1. The van der Waals surface area contributed by atoms with E-state index in [9.17, 15) is 8.42 Å². The van der Waals surface area contributed by atoms with Gasteiger partial charge in [-0.05, 0) is 38.3 Å². The molecule has 0 bridgehead atoms. The van der Waals surface area contributed by atoms with Crippen LogP contribution < -0.4 is 0 Å². The van der Waals surface area contributed by atoms with E-state index < -0.39 is 26.3 Å². The van der Waals surface area contributed by atoms with Crippen LogP contribution in [0.25, 0.3) is 0 Å². The standard InChI is InChI=1S/C20H30O4S/c1-3-4-5-9-12-20(23-15-16-24-20)19(13-14-19)17(2)25(21,22)18-10-7-6-8-11-18/h6-8,10-11,17H,3-5,9,12-16H2,1-2H3. The van der Waals surface area contributed by atoms with E-state index >= 15 is 0 Å². The first kappa shape index (κ1) is 18.9. The van der Waals surface area contributed by atoms with Crippen LogP contribution in [0.5, 0.6) is 0 Å². The monoisotopic (exact) mass is 366 g/mol. The van der Waals surface area contributed by atoms with E-state index in [1.807, 2.05) is 13.0 Å². The fourth-order valence-electron chi connectivity index (χ4n) is 4.26. The Morgan fingerprint density at radius 3 is 2.24 bits per heavy atom. The third-order valence-corrected chi connectivity index (χ3v) is 8.29. The van der Waals surface area contributed by atoms with Crippen molar-refractivity contribution in [3.63, 3.8) is 0 Å². The van der Waals surface area contributed by atoms with E-state index in [1.165, 1.54) is 12.8 Å². The Hall–Kier alpha value is -0.910. The minimum Gasteiger partial charge on any atom is -0.347 e. The Labute approximate surface area is 151 Å². The van der Waals surface area contributed by atoms with Gasteiger partial charge >= 0.3 is 0 Å². The summed E-state index contributed by atoms with van der Waals surface area (Å²) < 4.78 is 38.6. The van der Waals surface area contributed by atoms with Crippen LogP contribution in [0.3, 0.4) is 0 Å². The molecule has 3 rings (SSSR count). The van der Waals surface area contributed by atoms with Gasteiger partial charge in [0.1, 0.15) is 0 Å². The predicted octanol–water partition coefficient (Wildman–Crippen LogP) is 4.34. The summed E-state index contributed by atoms with van der Waals surface area (Å²) in [5.74, 6) is -0.720. The lowest BCUT2D eigenvalue weighted by molar-refractivity contribution is -0.211. The van der Waals surface area contributed by atoms with Crippen LogP contribution in [0, 0.1) is 5.41 Å². The second kappa shape index (κ2) is 7.37. The zero-order valence-corrected chi connectivity index (χ0v) is 16.2. The van der Waals surface area contributed by atoms with Crippen LogP contribution in [0.4, 0.5) is 0 Å². The van der Waals surface area contributed by atoms with Crippen molar-refractivity contribution in [2.75, 3.05) is 13.2 Å². The fourth-order valence-corrected chi connectivity index (χ4v) is 6.22. The Morgan fingerprint density at radius 2 is 1.68 bits per heavy atom. The first-order chi connectivity index (χ1) is 12.0. The zero-order valence-electron chi connectivity index (χ0n) is 15.4. The zero-order chi connectivity index (χ0) is 18.0. The SMILES string of the molecule is CCCCCCC1(C2(C(C)S(=O)(=O)c3ccccc3)CC2)OCCO1. The summed E-state index contributed by atoms with van der Waals surface area (Å²) in [6.45, 7) is 5.16. The normalized spacial score (nSPS) is 22.6. The van der Waals surface area contributed by atoms with Crippen LogP contribution in [0.1, 0.15) is 58.8 Å². The lowest BCUT2D eigenvalue weighted by Gasteiger charge is -2.39. The topological polar surface area (TPSA) is 52.6 Å². The highest BCUT2D eigenvalue weighted by Crippen LogP contribution is 2.63. The Bertz CT molecular complexity index is 658. The van der Waals surface area contributed by atoms with E-state index in [-0.39, 0.29) is 0 Å². The van der Waals surface area contributed by atoms with Gasteiger partial charge in [-0.25, -0.2) is 8.42 Å². The molecule has 1 aromatic carbocycles. The van der Waals surface area contributed by atoms with Crippen LogP contribution in [-0.4, -0.2) is 32.7 Å². The molecule has 5 heteroatoms. The molecule has 140 valence electrons. The van der Waals surface area contributed by atoms with Crippen LogP contribution >= 0.6 is 0 Å². The molecule has 2 fully saturated rings. The maximum atomic E-state index is 13.2. The third-order valence-electron chi connectivity index (χ3n) is 5.98. The maximum absolute atomic E-state index is 13.2.